The van der Waals surface area contributed by atoms with Crippen LogP contribution in [0, 0.1) is 5.92 Å². The lowest BCUT2D eigenvalue weighted by Crippen LogP contribution is -2.45. The number of benzene rings is 1. The van der Waals surface area contributed by atoms with Crippen LogP contribution in [0.5, 0.6) is 0 Å². The Labute approximate surface area is 130 Å². The molecule has 0 bridgehead atoms. The molecule has 7 heteroatoms. The number of carbonyl (C=O) groups excluding carboxylic acids is 2. The van der Waals surface area contributed by atoms with Gasteiger partial charge in [0.2, 0.25) is 15.9 Å². The van der Waals surface area contributed by atoms with Crippen molar-refractivity contribution in [1.82, 2.24) is 4.31 Å². The summed E-state index contributed by atoms with van der Waals surface area (Å²) in [6.07, 6.45) is 1.51. The van der Waals surface area contributed by atoms with Crippen molar-refractivity contribution in [1.29, 1.82) is 0 Å². The number of rotatable bonds is 5. The van der Waals surface area contributed by atoms with Gasteiger partial charge in [-0.15, -0.1) is 0 Å². The summed E-state index contributed by atoms with van der Waals surface area (Å²) >= 11 is 0. The molecule has 1 amide bonds. The summed E-state index contributed by atoms with van der Waals surface area (Å²) in [7, 11) is -3.79. The Bertz CT molecular complexity index is 656. The molecule has 1 aliphatic rings. The van der Waals surface area contributed by atoms with Crippen molar-refractivity contribution in [3.8, 4) is 0 Å². The van der Waals surface area contributed by atoms with Crippen LogP contribution in [0.4, 0.5) is 0 Å². The van der Waals surface area contributed by atoms with Crippen LogP contribution in [0.25, 0.3) is 0 Å². The molecule has 0 aromatic heterocycles. The average Bonchev–Trinajstić information content (AvgIpc) is 2.82. The van der Waals surface area contributed by atoms with E-state index in [1.807, 2.05) is 25.1 Å². The van der Waals surface area contributed by atoms with Crippen molar-refractivity contribution < 1.29 is 22.7 Å². The summed E-state index contributed by atoms with van der Waals surface area (Å²) in [5.41, 5.74) is 0.805. The minimum atomic E-state index is -3.79. The molecular formula is C15H19NO5S. The lowest BCUT2D eigenvalue weighted by Gasteiger charge is -2.24. The van der Waals surface area contributed by atoms with Crippen LogP contribution in [0.15, 0.2) is 30.3 Å². The molecule has 0 spiro atoms. The van der Waals surface area contributed by atoms with Crippen LogP contribution in [-0.4, -0.2) is 36.9 Å². The fourth-order valence-corrected chi connectivity index (χ4v) is 3.75. The molecule has 1 heterocycles. The molecule has 0 unspecified atom stereocenters. The number of hydrogen-bond acceptors (Lipinski definition) is 5. The van der Waals surface area contributed by atoms with Gasteiger partial charge < -0.3 is 4.74 Å². The third kappa shape index (κ3) is 3.47. The highest BCUT2D eigenvalue weighted by atomic mass is 32.2. The molecule has 120 valence electrons. The lowest BCUT2D eigenvalue weighted by molar-refractivity contribution is -0.151. The maximum Gasteiger partial charge on any atom is 0.330 e. The first-order valence-electron chi connectivity index (χ1n) is 7.07. The van der Waals surface area contributed by atoms with Gasteiger partial charge in [-0.25, -0.2) is 17.5 Å². The molecular weight excluding hydrogens is 306 g/mol. The van der Waals surface area contributed by atoms with Gasteiger partial charge in [-0.3, -0.25) is 4.79 Å². The molecule has 0 saturated carbocycles. The minimum absolute atomic E-state index is 0.0503. The predicted octanol–water partition coefficient (Wildman–Crippen LogP) is 1.32. The Kier molecular flexibility index (Phi) is 4.85. The molecule has 22 heavy (non-hydrogen) atoms. The summed E-state index contributed by atoms with van der Waals surface area (Å²) in [6, 6.07) is 8.03. The first-order valence-corrected chi connectivity index (χ1v) is 8.92. The maximum absolute atomic E-state index is 12.3. The topological polar surface area (TPSA) is 80.8 Å². The van der Waals surface area contributed by atoms with Gasteiger partial charge >= 0.3 is 5.97 Å². The number of esters is 1. The Morgan fingerprint density at radius 2 is 1.95 bits per heavy atom. The number of hydrogen-bond donors (Lipinski definition) is 0. The fraction of sp³-hybridized carbons (Fsp3) is 0.467. The lowest BCUT2D eigenvalue weighted by atomic mass is 9.98. The van der Waals surface area contributed by atoms with Crippen LogP contribution >= 0.6 is 0 Å². The second-order valence-electron chi connectivity index (χ2n) is 5.36. The summed E-state index contributed by atoms with van der Waals surface area (Å²) in [4.78, 5) is 24.2. The van der Waals surface area contributed by atoms with Gasteiger partial charge in [-0.2, -0.15) is 0 Å². The Morgan fingerprint density at radius 3 is 2.50 bits per heavy atom. The Balaban J connectivity index is 2.15. The van der Waals surface area contributed by atoms with Gasteiger partial charge in [0.05, 0.1) is 6.26 Å². The average molecular weight is 325 g/mol. The highest BCUT2D eigenvalue weighted by Crippen LogP contribution is 2.31. The molecule has 1 aromatic carbocycles. The van der Waals surface area contributed by atoms with Crippen molar-refractivity contribution in [3.05, 3.63) is 35.9 Å². The zero-order valence-electron chi connectivity index (χ0n) is 12.6. The van der Waals surface area contributed by atoms with Gasteiger partial charge in [0.25, 0.3) is 0 Å². The zero-order valence-corrected chi connectivity index (χ0v) is 13.4. The molecule has 1 aromatic rings. The zero-order chi connectivity index (χ0) is 16.3. The smallest absolute Gasteiger partial charge is 0.330 e. The van der Waals surface area contributed by atoms with Crippen LogP contribution in [0.2, 0.25) is 0 Å². The van der Waals surface area contributed by atoms with E-state index in [2.05, 4.69) is 0 Å². The van der Waals surface area contributed by atoms with E-state index < -0.39 is 27.9 Å². The van der Waals surface area contributed by atoms with E-state index in [0.29, 0.717) is 10.7 Å². The van der Waals surface area contributed by atoms with Crippen LogP contribution in [0.3, 0.4) is 0 Å². The molecule has 2 atom stereocenters. The number of ether oxygens (including phenoxy) is 1. The Hall–Kier alpha value is -1.89. The largest absolute Gasteiger partial charge is 0.459 e. The van der Waals surface area contributed by atoms with Crippen molar-refractivity contribution in [2.45, 2.75) is 32.4 Å². The third-order valence-electron chi connectivity index (χ3n) is 3.73. The second kappa shape index (κ2) is 6.48. The van der Waals surface area contributed by atoms with Crippen molar-refractivity contribution >= 4 is 21.9 Å². The first-order chi connectivity index (χ1) is 10.3. The fourth-order valence-electron chi connectivity index (χ4n) is 2.63. The SMILES string of the molecule is CC[C@@H]1CC(=O)N(S(C)(=O)=O)[C@H]1C(=O)OCc1ccccc1. The maximum atomic E-state index is 12.3. The predicted molar refractivity (Wildman–Crippen MR) is 80.1 cm³/mol. The van der Waals surface area contributed by atoms with Gasteiger partial charge in [-0.1, -0.05) is 43.7 Å². The molecule has 1 aliphatic heterocycles. The van der Waals surface area contributed by atoms with Gasteiger partial charge in [0, 0.05) is 6.42 Å². The summed E-state index contributed by atoms with van der Waals surface area (Å²) in [6.45, 7) is 1.87. The number of sulfonamides is 1. The van der Waals surface area contributed by atoms with Gasteiger partial charge in [0.1, 0.15) is 12.6 Å². The standard InChI is InChI=1S/C15H19NO5S/c1-3-12-9-13(17)16(22(2,19)20)14(12)15(18)21-10-11-7-5-4-6-8-11/h4-8,12,14H,3,9-10H2,1-2H3/t12-,14-/m1/s1. The summed E-state index contributed by atoms with van der Waals surface area (Å²) in [5.74, 6) is -1.56. The van der Waals surface area contributed by atoms with Crippen molar-refractivity contribution in [2.75, 3.05) is 6.26 Å². The van der Waals surface area contributed by atoms with E-state index in [1.165, 1.54) is 0 Å². The molecule has 2 rings (SSSR count). The quantitative estimate of drug-likeness (QED) is 0.763. The van der Waals surface area contributed by atoms with E-state index in [-0.39, 0.29) is 18.9 Å². The van der Waals surface area contributed by atoms with Crippen LogP contribution in [0.1, 0.15) is 25.3 Å². The summed E-state index contributed by atoms with van der Waals surface area (Å²) < 4.78 is 29.5. The van der Waals surface area contributed by atoms with Crippen LogP contribution < -0.4 is 0 Å². The minimum Gasteiger partial charge on any atom is -0.459 e. The summed E-state index contributed by atoms with van der Waals surface area (Å²) in [5, 5.41) is 0. The van der Waals surface area contributed by atoms with E-state index in [4.69, 9.17) is 4.74 Å². The number of nitrogens with zero attached hydrogens (tertiary/aromatic N) is 1. The van der Waals surface area contributed by atoms with Crippen molar-refractivity contribution in [3.63, 3.8) is 0 Å². The van der Waals surface area contributed by atoms with E-state index in [0.717, 1.165) is 11.8 Å². The number of amides is 1. The first kappa shape index (κ1) is 16.5. The highest BCUT2D eigenvalue weighted by molar-refractivity contribution is 7.89. The van der Waals surface area contributed by atoms with E-state index >= 15 is 0 Å². The van der Waals surface area contributed by atoms with E-state index in [1.54, 1.807) is 12.1 Å². The van der Waals surface area contributed by atoms with Gasteiger partial charge in [-0.05, 0) is 11.5 Å². The highest BCUT2D eigenvalue weighted by Gasteiger charge is 2.48. The molecule has 0 N–H and O–H groups in total. The number of carbonyl (C=O) groups is 2. The normalized spacial score (nSPS) is 21.9. The third-order valence-corrected chi connectivity index (χ3v) is 4.87. The molecule has 1 fully saturated rings. The van der Waals surface area contributed by atoms with Crippen molar-refractivity contribution in [2.24, 2.45) is 5.92 Å². The van der Waals surface area contributed by atoms with Gasteiger partial charge in [0.15, 0.2) is 0 Å². The van der Waals surface area contributed by atoms with E-state index in [9.17, 15) is 18.0 Å². The van der Waals surface area contributed by atoms with Crippen LogP contribution in [-0.2, 0) is 31.0 Å². The monoisotopic (exact) mass is 325 g/mol. The molecule has 0 radical (unpaired) electrons. The second-order valence-corrected chi connectivity index (χ2v) is 7.22. The molecule has 1 saturated heterocycles. The molecule has 6 nitrogen and oxygen atoms in total. The molecule has 0 aliphatic carbocycles. The Morgan fingerprint density at radius 1 is 1.32 bits per heavy atom.